The summed E-state index contributed by atoms with van der Waals surface area (Å²) in [5, 5.41) is 6.15. The van der Waals surface area contributed by atoms with E-state index in [1.807, 2.05) is 0 Å². The average molecular weight is 264 g/mol. The fourth-order valence-electron chi connectivity index (χ4n) is 2.26. The van der Waals surface area contributed by atoms with Crippen molar-refractivity contribution in [2.24, 2.45) is 5.92 Å². The van der Waals surface area contributed by atoms with Gasteiger partial charge in [-0.05, 0) is 37.6 Å². The van der Waals surface area contributed by atoms with Gasteiger partial charge in [-0.2, -0.15) is 0 Å². The van der Waals surface area contributed by atoms with Crippen molar-refractivity contribution in [2.45, 2.75) is 12.8 Å². The molecular formula is C14H20N2O3. The molecule has 1 aliphatic rings. The molecule has 0 aromatic heterocycles. The summed E-state index contributed by atoms with van der Waals surface area (Å²) in [6, 6.07) is 5.35. The molecule has 1 atom stereocenters. The number of carbonyl (C=O) groups excluding carboxylic acids is 1. The Kier molecular flexibility index (Phi) is 4.63. The van der Waals surface area contributed by atoms with Crippen LogP contribution in [0.3, 0.4) is 0 Å². The van der Waals surface area contributed by atoms with E-state index in [4.69, 9.17) is 9.47 Å². The molecule has 0 saturated carbocycles. The maximum absolute atomic E-state index is 12.0. The second-order valence-corrected chi connectivity index (χ2v) is 4.68. The Labute approximate surface area is 113 Å². The lowest BCUT2D eigenvalue weighted by molar-refractivity contribution is -0.117. The van der Waals surface area contributed by atoms with Gasteiger partial charge in [0.25, 0.3) is 0 Å². The van der Waals surface area contributed by atoms with Crippen LogP contribution in [0.2, 0.25) is 0 Å². The fourth-order valence-corrected chi connectivity index (χ4v) is 2.26. The van der Waals surface area contributed by atoms with Gasteiger partial charge in [0.2, 0.25) is 5.91 Å². The number of rotatable bonds is 5. The fraction of sp³-hybridized carbons (Fsp3) is 0.500. The Morgan fingerprint density at radius 3 is 2.89 bits per heavy atom. The van der Waals surface area contributed by atoms with E-state index in [-0.39, 0.29) is 5.91 Å². The van der Waals surface area contributed by atoms with Crippen LogP contribution in [0, 0.1) is 5.92 Å². The van der Waals surface area contributed by atoms with Crippen molar-refractivity contribution in [3.8, 4) is 11.5 Å². The largest absolute Gasteiger partial charge is 0.497 e. The smallest absolute Gasteiger partial charge is 0.224 e. The summed E-state index contributed by atoms with van der Waals surface area (Å²) >= 11 is 0. The molecule has 2 rings (SSSR count). The van der Waals surface area contributed by atoms with Gasteiger partial charge in [-0.25, -0.2) is 0 Å². The summed E-state index contributed by atoms with van der Waals surface area (Å²) in [5.74, 6) is 1.77. The van der Waals surface area contributed by atoms with Crippen molar-refractivity contribution in [3.63, 3.8) is 0 Å². The summed E-state index contributed by atoms with van der Waals surface area (Å²) in [7, 11) is 3.18. The van der Waals surface area contributed by atoms with Gasteiger partial charge in [0.1, 0.15) is 11.5 Å². The maximum atomic E-state index is 12.0. The summed E-state index contributed by atoms with van der Waals surface area (Å²) in [4.78, 5) is 12.0. The number of benzene rings is 1. The van der Waals surface area contributed by atoms with Crippen LogP contribution in [0.25, 0.3) is 0 Å². The summed E-state index contributed by atoms with van der Waals surface area (Å²) < 4.78 is 10.4. The topological polar surface area (TPSA) is 59.6 Å². The molecule has 104 valence electrons. The van der Waals surface area contributed by atoms with Crippen LogP contribution in [0.1, 0.15) is 12.8 Å². The zero-order valence-corrected chi connectivity index (χ0v) is 11.4. The zero-order valence-electron chi connectivity index (χ0n) is 11.4. The number of ether oxygens (including phenoxy) is 2. The van der Waals surface area contributed by atoms with Crippen LogP contribution in [-0.4, -0.2) is 33.2 Å². The van der Waals surface area contributed by atoms with Gasteiger partial charge in [-0.1, -0.05) is 0 Å². The summed E-state index contributed by atoms with van der Waals surface area (Å²) in [5.41, 5.74) is 0.651. The lowest BCUT2D eigenvalue weighted by Crippen LogP contribution is -2.18. The van der Waals surface area contributed by atoms with Crippen LogP contribution < -0.4 is 20.1 Å². The molecule has 1 aromatic carbocycles. The number of nitrogens with one attached hydrogen (secondary N) is 2. The molecule has 1 aliphatic heterocycles. The van der Waals surface area contributed by atoms with Gasteiger partial charge in [0, 0.05) is 12.5 Å². The lowest BCUT2D eigenvalue weighted by atomic mass is 10.0. The molecule has 2 N–H and O–H groups in total. The Morgan fingerprint density at radius 1 is 1.42 bits per heavy atom. The standard InChI is InChI=1S/C14H20N2O3/c1-18-11-3-4-13(19-2)12(8-11)16-14(17)7-10-5-6-15-9-10/h3-4,8,10,15H,5-7,9H2,1-2H3,(H,16,17). The third-order valence-electron chi connectivity index (χ3n) is 3.32. The molecule has 0 aliphatic carbocycles. The molecular weight excluding hydrogens is 244 g/mol. The number of anilines is 1. The van der Waals surface area contributed by atoms with Gasteiger partial charge in [0.05, 0.1) is 19.9 Å². The highest BCUT2D eigenvalue weighted by Gasteiger charge is 2.18. The van der Waals surface area contributed by atoms with Gasteiger partial charge >= 0.3 is 0 Å². The zero-order chi connectivity index (χ0) is 13.7. The molecule has 1 saturated heterocycles. The van der Waals surface area contributed by atoms with E-state index in [1.54, 1.807) is 32.4 Å². The highest BCUT2D eigenvalue weighted by atomic mass is 16.5. The Morgan fingerprint density at radius 2 is 2.26 bits per heavy atom. The van der Waals surface area contributed by atoms with Gasteiger partial charge in [-0.15, -0.1) is 0 Å². The van der Waals surface area contributed by atoms with Gasteiger partial charge < -0.3 is 20.1 Å². The minimum Gasteiger partial charge on any atom is -0.497 e. The van der Waals surface area contributed by atoms with Crippen molar-refractivity contribution in [3.05, 3.63) is 18.2 Å². The number of hydrogen-bond acceptors (Lipinski definition) is 4. The number of carbonyl (C=O) groups is 1. The molecule has 0 spiro atoms. The molecule has 5 heteroatoms. The molecule has 1 amide bonds. The number of hydrogen-bond donors (Lipinski definition) is 2. The SMILES string of the molecule is COc1ccc(OC)c(NC(=O)CC2CCNC2)c1. The summed E-state index contributed by atoms with van der Waals surface area (Å²) in [6.45, 7) is 1.92. The molecule has 1 heterocycles. The minimum absolute atomic E-state index is 0.0141. The highest BCUT2D eigenvalue weighted by Crippen LogP contribution is 2.29. The normalized spacial score (nSPS) is 18.1. The first-order chi connectivity index (χ1) is 9.22. The number of methoxy groups -OCH3 is 2. The van der Waals surface area contributed by atoms with Crippen molar-refractivity contribution in [1.82, 2.24) is 5.32 Å². The lowest BCUT2D eigenvalue weighted by Gasteiger charge is -2.13. The van der Waals surface area contributed by atoms with Crippen LogP contribution in [-0.2, 0) is 4.79 Å². The van der Waals surface area contributed by atoms with Gasteiger partial charge in [-0.3, -0.25) is 4.79 Å². The van der Waals surface area contributed by atoms with E-state index in [0.717, 1.165) is 19.5 Å². The minimum atomic E-state index is 0.0141. The third kappa shape index (κ3) is 3.61. The van der Waals surface area contributed by atoms with Crippen LogP contribution in [0.4, 0.5) is 5.69 Å². The second kappa shape index (κ2) is 6.43. The molecule has 19 heavy (non-hydrogen) atoms. The van der Waals surface area contributed by atoms with Crippen molar-refractivity contribution < 1.29 is 14.3 Å². The molecule has 0 radical (unpaired) electrons. The Bertz CT molecular complexity index is 442. The third-order valence-corrected chi connectivity index (χ3v) is 3.32. The highest BCUT2D eigenvalue weighted by molar-refractivity contribution is 5.92. The van der Waals surface area contributed by atoms with E-state index < -0.39 is 0 Å². The first-order valence-electron chi connectivity index (χ1n) is 6.45. The molecule has 1 aromatic rings. The van der Waals surface area contributed by atoms with Crippen LogP contribution >= 0.6 is 0 Å². The first-order valence-corrected chi connectivity index (χ1v) is 6.45. The quantitative estimate of drug-likeness (QED) is 0.849. The maximum Gasteiger partial charge on any atom is 0.224 e. The van der Waals surface area contributed by atoms with Crippen molar-refractivity contribution >= 4 is 11.6 Å². The predicted octanol–water partition coefficient (Wildman–Crippen LogP) is 1.64. The Balaban J connectivity index is 2.01. The molecule has 0 bridgehead atoms. The first kappa shape index (κ1) is 13.7. The second-order valence-electron chi connectivity index (χ2n) is 4.68. The monoisotopic (exact) mass is 264 g/mol. The van der Waals surface area contributed by atoms with E-state index in [1.165, 1.54) is 0 Å². The molecule has 1 fully saturated rings. The van der Waals surface area contributed by atoms with Crippen LogP contribution in [0.15, 0.2) is 18.2 Å². The molecule has 1 unspecified atom stereocenters. The predicted molar refractivity (Wildman–Crippen MR) is 73.8 cm³/mol. The Hall–Kier alpha value is -1.75. The van der Waals surface area contributed by atoms with Crippen molar-refractivity contribution in [2.75, 3.05) is 32.6 Å². The summed E-state index contributed by atoms with van der Waals surface area (Å²) in [6.07, 6.45) is 1.59. The van der Waals surface area contributed by atoms with E-state index in [9.17, 15) is 4.79 Å². The average Bonchev–Trinajstić information content (AvgIpc) is 2.91. The van der Waals surface area contributed by atoms with Crippen LogP contribution in [0.5, 0.6) is 11.5 Å². The van der Waals surface area contributed by atoms with E-state index in [2.05, 4.69) is 10.6 Å². The van der Waals surface area contributed by atoms with Gasteiger partial charge in [0.15, 0.2) is 0 Å². The van der Waals surface area contributed by atoms with Crippen molar-refractivity contribution in [1.29, 1.82) is 0 Å². The molecule has 5 nitrogen and oxygen atoms in total. The van der Waals surface area contributed by atoms with E-state index in [0.29, 0.717) is 29.5 Å². The number of amides is 1. The van der Waals surface area contributed by atoms with E-state index >= 15 is 0 Å².